The number of benzene rings is 3. The molecule has 1 aromatic heterocycles. The summed E-state index contributed by atoms with van der Waals surface area (Å²) in [6, 6.07) is 30.1. The third-order valence-electron chi connectivity index (χ3n) is 3.80. The molecule has 4 aromatic rings. The molecule has 0 saturated heterocycles. The standard InChI is InChI=1S/C21H15O2S.F6P/c22-21-15-14-18-19(23-21)12-7-13-20(18)24(16-8-3-1-4-9-16)17-10-5-2-6-11-17;1-7(2,3,4,5)6/h1-15H;/q+1;-1. The summed E-state index contributed by atoms with van der Waals surface area (Å²) in [4.78, 5) is 15.2. The fourth-order valence-corrected chi connectivity index (χ4v) is 4.99. The first kappa shape index (κ1) is 22.9. The van der Waals surface area contributed by atoms with Gasteiger partial charge in [-0.05, 0) is 42.5 Å². The SMILES string of the molecule is F[P-](F)(F)(F)(F)F.O=c1ccc2c([S+](c3ccccc3)c3ccccc3)cccc2o1. The molecule has 164 valence electrons. The van der Waals surface area contributed by atoms with Crippen molar-refractivity contribution in [1.29, 1.82) is 0 Å². The third kappa shape index (κ3) is 7.45. The van der Waals surface area contributed by atoms with Crippen molar-refractivity contribution in [2.75, 3.05) is 0 Å². The Balaban J connectivity index is 0.000000339. The van der Waals surface area contributed by atoms with Gasteiger partial charge < -0.3 is 4.42 Å². The van der Waals surface area contributed by atoms with Crippen LogP contribution in [0.2, 0.25) is 0 Å². The molecule has 0 unspecified atom stereocenters. The molecule has 1 heterocycles. The summed E-state index contributed by atoms with van der Waals surface area (Å²) < 4.78 is 64.6. The molecular weight excluding hydrogens is 461 g/mol. The smallest absolute Gasteiger partial charge is 0.336 e. The van der Waals surface area contributed by atoms with Crippen LogP contribution in [0.3, 0.4) is 0 Å². The molecule has 0 spiro atoms. The first-order chi connectivity index (χ1) is 14.3. The van der Waals surface area contributed by atoms with Crippen molar-refractivity contribution in [3.8, 4) is 0 Å². The maximum Gasteiger partial charge on any atom is 0.336 e. The molecule has 0 aliphatic carbocycles. The quantitative estimate of drug-likeness (QED) is 0.129. The van der Waals surface area contributed by atoms with Gasteiger partial charge >= 0.3 is 38.6 Å². The fraction of sp³-hybridized carbons (Fsp3) is 0. The van der Waals surface area contributed by atoms with Gasteiger partial charge in [-0.2, -0.15) is 0 Å². The molecule has 0 aliphatic heterocycles. The van der Waals surface area contributed by atoms with Crippen molar-refractivity contribution < 1.29 is 29.6 Å². The summed E-state index contributed by atoms with van der Waals surface area (Å²) in [5.74, 6) is 0. The van der Waals surface area contributed by atoms with Crippen molar-refractivity contribution >= 4 is 29.7 Å². The maximum absolute atomic E-state index is 11.5. The Labute approximate surface area is 175 Å². The number of hydrogen-bond acceptors (Lipinski definition) is 2. The minimum absolute atomic E-state index is 0.258. The Hall–Kier alpha value is -2.77. The van der Waals surface area contributed by atoms with Crippen molar-refractivity contribution in [3.63, 3.8) is 0 Å². The first-order valence-corrected chi connectivity index (χ1v) is 12.0. The molecule has 0 N–H and O–H groups in total. The van der Waals surface area contributed by atoms with Gasteiger partial charge in [-0.25, -0.2) is 4.79 Å². The van der Waals surface area contributed by atoms with E-state index >= 15 is 0 Å². The molecule has 31 heavy (non-hydrogen) atoms. The molecule has 0 amide bonds. The Kier molecular flexibility index (Phi) is 5.71. The molecule has 10 heteroatoms. The monoisotopic (exact) mass is 476 g/mol. The van der Waals surface area contributed by atoms with E-state index in [1.165, 1.54) is 15.9 Å². The van der Waals surface area contributed by atoms with E-state index in [2.05, 4.69) is 54.6 Å². The second kappa shape index (κ2) is 7.73. The Morgan fingerprint density at radius 3 is 1.58 bits per heavy atom. The second-order valence-electron chi connectivity index (χ2n) is 6.31. The van der Waals surface area contributed by atoms with E-state index < -0.39 is 7.81 Å². The van der Waals surface area contributed by atoms with E-state index in [0.29, 0.717) is 5.58 Å². The zero-order valence-corrected chi connectivity index (χ0v) is 17.3. The predicted molar refractivity (Wildman–Crippen MR) is 111 cm³/mol. The second-order valence-corrected chi connectivity index (χ2v) is 10.2. The van der Waals surface area contributed by atoms with Gasteiger partial charge in [-0.15, -0.1) is 0 Å². The molecule has 2 nitrogen and oxygen atoms in total. The van der Waals surface area contributed by atoms with Gasteiger partial charge in [-0.1, -0.05) is 42.5 Å². The van der Waals surface area contributed by atoms with Crippen molar-refractivity contribution in [1.82, 2.24) is 0 Å². The van der Waals surface area contributed by atoms with Crippen LogP contribution in [0.1, 0.15) is 0 Å². The third-order valence-corrected chi connectivity index (χ3v) is 6.08. The number of hydrogen-bond donors (Lipinski definition) is 0. The van der Waals surface area contributed by atoms with Gasteiger partial charge in [0.15, 0.2) is 14.7 Å². The van der Waals surface area contributed by atoms with Crippen LogP contribution in [0.4, 0.5) is 25.2 Å². The molecule has 0 fully saturated rings. The maximum atomic E-state index is 11.5. The van der Waals surface area contributed by atoms with Crippen LogP contribution in [0, 0.1) is 0 Å². The average molecular weight is 476 g/mol. The average Bonchev–Trinajstić information content (AvgIpc) is 2.67. The zero-order chi connectivity index (χ0) is 22.8. The van der Waals surface area contributed by atoms with Crippen LogP contribution < -0.4 is 5.63 Å². The van der Waals surface area contributed by atoms with E-state index in [-0.39, 0.29) is 16.5 Å². The minimum Gasteiger partial charge on any atom is -0.423 e. The molecule has 3 aromatic carbocycles. The van der Waals surface area contributed by atoms with Gasteiger partial charge in [0.1, 0.15) is 16.5 Å². The van der Waals surface area contributed by atoms with E-state index in [9.17, 15) is 30.0 Å². The van der Waals surface area contributed by atoms with Crippen molar-refractivity contribution in [2.45, 2.75) is 14.7 Å². The zero-order valence-electron chi connectivity index (χ0n) is 15.6. The molecule has 0 radical (unpaired) electrons. The summed E-state index contributed by atoms with van der Waals surface area (Å²) in [7, 11) is -10.9. The largest absolute Gasteiger partial charge is 0.423 e. The van der Waals surface area contributed by atoms with Gasteiger partial charge in [0, 0.05) is 6.07 Å². The van der Waals surface area contributed by atoms with Gasteiger partial charge in [0.25, 0.3) is 0 Å². The molecule has 0 aliphatic rings. The topological polar surface area (TPSA) is 30.2 Å². The normalized spacial score (nSPS) is 13.8. The molecule has 0 bridgehead atoms. The Morgan fingerprint density at radius 1 is 0.613 bits per heavy atom. The van der Waals surface area contributed by atoms with E-state index in [1.807, 2.05) is 30.3 Å². The van der Waals surface area contributed by atoms with Crippen molar-refractivity contribution in [2.24, 2.45) is 0 Å². The van der Waals surface area contributed by atoms with Crippen LogP contribution in [0.15, 0.2) is 115 Å². The van der Waals surface area contributed by atoms with Crippen LogP contribution in [0.5, 0.6) is 0 Å². The van der Waals surface area contributed by atoms with E-state index in [0.717, 1.165) is 10.3 Å². The van der Waals surface area contributed by atoms with Crippen LogP contribution >= 0.6 is 7.81 Å². The van der Waals surface area contributed by atoms with Crippen LogP contribution in [-0.2, 0) is 10.9 Å². The fourth-order valence-electron chi connectivity index (χ4n) is 2.75. The summed E-state index contributed by atoms with van der Waals surface area (Å²) in [6.07, 6.45) is 0. The Morgan fingerprint density at radius 2 is 1.10 bits per heavy atom. The Bertz CT molecular complexity index is 1190. The number of rotatable bonds is 3. The summed E-state index contributed by atoms with van der Waals surface area (Å²) in [6.45, 7) is 0. The summed E-state index contributed by atoms with van der Waals surface area (Å²) in [5, 5.41) is 0.980. The van der Waals surface area contributed by atoms with Gasteiger partial charge in [0.05, 0.1) is 5.39 Å². The summed E-state index contributed by atoms with van der Waals surface area (Å²) >= 11 is 0. The first-order valence-electron chi connectivity index (χ1n) is 8.71. The van der Waals surface area contributed by atoms with Crippen molar-refractivity contribution in [3.05, 3.63) is 101 Å². The van der Waals surface area contributed by atoms with Gasteiger partial charge in [0.2, 0.25) is 0 Å². The predicted octanol–water partition coefficient (Wildman–Crippen LogP) is 8.27. The van der Waals surface area contributed by atoms with Gasteiger partial charge in [-0.3, -0.25) is 0 Å². The van der Waals surface area contributed by atoms with E-state index in [4.69, 9.17) is 4.42 Å². The molecular formula is C21H15F6O2PS. The molecule has 0 saturated carbocycles. The minimum atomic E-state index is -10.7. The summed E-state index contributed by atoms with van der Waals surface area (Å²) in [5.41, 5.74) is 0.309. The molecule has 0 atom stereocenters. The number of halogens is 6. The van der Waals surface area contributed by atoms with Crippen LogP contribution in [-0.4, -0.2) is 0 Å². The number of fused-ring (bicyclic) bond motifs is 1. The van der Waals surface area contributed by atoms with E-state index in [1.54, 1.807) is 0 Å². The van der Waals surface area contributed by atoms with Crippen LogP contribution in [0.25, 0.3) is 11.0 Å². The molecule has 4 rings (SSSR count).